The number of hydrogen-bond donors (Lipinski definition) is 1. The Morgan fingerprint density at radius 3 is 2.44 bits per heavy atom. The van der Waals surface area contributed by atoms with Crippen LogP contribution in [0.3, 0.4) is 0 Å². The molecule has 4 amide bonds. The quantitative estimate of drug-likeness (QED) is 0.846. The Balaban J connectivity index is 1.68. The molecule has 0 spiro atoms. The van der Waals surface area contributed by atoms with Crippen molar-refractivity contribution >= 4 is 23.5 Å². The van der Waals surface area contributed by atoms with Crippen molar-refractivity contribution in [3.63, 3.8) is 0 Å². The van der Waals surface area contributed by atoms with E-state index in [1.807, 2.05) is 13.8 Å². The zero-order valence-corrected chi connectivity index (χ0v) is 16.0. The van der Waals surface area contributed by atoms with E-state index in [1.54, 1.807) is 35.0 Å². The van der Waals surface area contributed by atoms with Crippen LogP contribution in [-0.4, -0.2) is 73.5 Å². The summed E-state index contributed by atoms with van der Waals surface area (Å²) >= 11 is 0. The van der Waals surface area contributed by atoms with Crippen molar-refractivity contribution in [2.45, 2.75) is 26.3 Å². The molecule has 1 N–H and O–H groups in total. The van der Waals surface area contributed by atoms with Gasteiger partial charge in [0.05, 0.1) is 18.7 Å². The molecule has 146 valence electrons. The molecule has 8 nitrogen and oxygen atoms in total. The molecule has 2 aliphatic rings. The molecule has 0 bridgehead atoms. The Morgan fingerprint density at radius 1 is 1.11 bits per heavy atom. The Labute approximate surface area is 159 Å². The normalized spacial score (nSPS) is 17.3. The van der Waals surface area contributed by atoms with Gasteiger partial charge >= 0.3 is 6.03 Å². The van der Waals surface area contributed by atoms with Gasteiger partial charge in [0.25, 0.3) is 5.91 Å². The summed E-state index contributed by atoms with van der Waals surface area (Å²) in [5.41, 5.74) is 1.12. The molecule has 1 fully saturated rings. The molecule has 27 heavy (non-hydrogen) atoms. The molecular formula is C19H26N4O4. The Kier molecular flexibility index (Phi) is 5.53. The number of carbonyl (C=O) groups is 3. The van der Waals surface area contributed by atoms with Gasteiger partial charge in [-0.1, -0.05) is 0 Å². The van der Waals surface area contributed by atoms with Crippen molar-refractivity contribution in [3.8, 4) is 5.75 Å². The molecule has 1 saturated heterocycles. The first-order valence-corrected chi connectivity index (χ1v) is 9.25. The molecule has 0 radical (unpaired) electrons. The molecule has 2 aliphatic heterocycles. The van der Waals surface area contributed by atoms with E-state index in [4.69, 9.17) is 4.74 Å². The lowest BCUT2D eigenvalue weighted by atomic mass is 10.1. The average molecular weight is 374 g/mol. The van der Waals surface area contributed by atoms with Crippen molar-refractivity contribution in [2.75, 3.05) is 44.7 Å². The van der Waals surface area contributed by atoms with Crippen LogP contribution in [0.2, 0.25) is 0 Å². The van der Waals surface area contributed by atoms with E-state index < -0.39 is 0 Å². The summed E-state index contributed by atoms with van der Waals surface area (Å²) in [5.74, 6) is 0.463. The van der Waals surface area contributed by atoms with Crippen molar-refractivity contribution in [1.29, 1.82) is 0 Å². The van der Waals surface area contributed by atoms with Gasteiger partial charge in [0.1, 0.15) is 5.75 Å². The number of rotatable bonds is 2. The van der Waals surface area contributed by atoms with E-state index in [0.29, 0.717) is 56.2 Å². The topological polar surface area (TPSA) is 82.2 Å². The first-order chi connectivity index (χ1) is 12.9. The molecule has 0 aromatic heterocycles. The number of nitrogens with one attached hydrogen (secondary N) is 1. The molecule has 3 rings (SSSR count). The van der Waals surface area contributed by atoms with Crippen LogP contribution in [-0.2, 0) is 4.79 Å². The van der Waals surface area contributed by atoms with Crippen LogP contribution in [0.15, 0.2) is 18.2 Å². The monoisotopic (exact) mass is 374 g/mol. The molecule has 0 saturated carbocycles. The van der Waals surface area contributed by atoms with Crippen molar-refractivity contribution in [1.82, 2.24) is 15.1 Å². The van der Waals surface area contributed by atoms with Crippen LogP contribution in [0.5, 0.6) is 5.75 Å². The van der Waals surface area contributed by atoms with Gasteiger partial charge in [-0.25, -0.2) is 4.79 Å². The number of amides is 4. The summed E-state index contributed by atoms with van der Waals surface area (Å²) < 4.78 is 5.60. The van der Waals surface area contributed by atoms with E-state index in [2.05, 4.69) is 5.32 Å². The maximum Gasteiger partial charge on any atom is 0.317 e. The molecule has 2 heterocycles. The van der Waals surface area contributed by atoms with Crippen molar-refractivity contribution in [2.24, 2.45) is 0 Å². The second-order valence-electron chi connectivity index (χ2n) is 7.12. The number of piperazine rings is 1. The number of nitrogens with zero attached hydrogens (tertiary/aromatic N) is 3. The van der Waals surface area contributed by atoms with E-state index in [1.165, 1.54) is 4.90 Å². The smallest absolute Gasteiger partial charge is 0.317 e. The lowest BCUT2D eigenvalue weighted by molar-refractivity contribution is -0.118. The highest BCUT2D eigenvalue weighted by molar-refractivity contribution is 5.99. The summed E-state index contributed by atoms with van der Waals surface area (Å²) in [6.45, 7) is 6.12. The Bertz CT molecular complexity index is 741. The summed E-state index contributed by atoms with van der Waals surface area (Å²) in [6.07, 6.45) is 0.314. The predicted octanol–water partition coefficient (Wildman–Crippen LogP) is 1.31. The van der Waals surface area contributed by atoms with Gasteiger partial charge in [0.2, 0.25) is 5.91 Å². The van der Waals surface area contributed by atoms with E-state index >= 15 is 0 Å². The number of fused-ring (bicyclic) bond motifs is 1. The van der Waals surface area contributed by atoms with Crippen molar-refractivity contribution < 1.29 is 19.1 Å². The number of urea groups is 1. The average Bonchev–Trinajstić information content (AvgIpc) is 2.79. The third kappa shape index (κ3) is 4.15. The fraction of sp³-hybridized carbons (Fsp3) is 0.526. The summed E-state index contributed by atoms with van der Waals surface area (Å²) in [4.78, 5) is 42.0. The highest BCUT2D eigenvalue weighted by Gasteiger charge is 2.27. The highest BCUT2D eigenvalue weighted by atomic mass is 16.5. The van der Waals surface area contributed by atoms with Crippen LogP contribution in [0, 0.1) is 0 Å². The number of carbonyl (C=O) groups excluding carboxylic acids is 3. The second kappa shape index (κ2) is 7.85. The molecule has 1 aromatic rings. The third-order valence-electron chi connectivity index (χ3n) is 4.78. The van der Waals surface area contributed by atoms with Crippen LogP contribution in [0.1, 0.15) is 30.6 Å². The van der Waals surface area contributed by atoms with Gasteiger partial charge < -0.3 is 24.8 Å². The highest BCUT2D eigenvalue weighted by Crippen LogP contribution is 2.32. The van der Waals surface area contributed by atoms with Gasteiger partial charge in [-0.05, 0) is 32.0 Å². The Morgan fingerprint density at radius 2 is 1.78 bits per heavy atom. The van der Waals surface area contributed by atoms with Crippen LogP contribution < -0.4 is 15.0 Å². The maximum atomic E-state index is 12.9. The van der Waals surface area contributed by atoms with E-state index in [0.717, 1.165) is 0 Å². The summed E-state index contributed by atoms with van der Waals surface area (Å²) in [5, 5.41) is 2.87. The zero-order valence-electron chi connectivity index (χ0n) is 16.0. The van der Waals surface area contributed by atoms with Gasteiger partial charge in [-0.3, -0.25) is 9.59 Å². The third-order valence-corrected chi connectivity index (χ3v) is 4.78. The van der Waals surface area contributed by atoms with Gasteiger partial charge in [0, 0.05) is 44.8 Å². The maximum absolute atomic E-state index is 12.9. The molecule has 1 aromatic carbocycles. The fourth-order valence-electron chi connectivity index (χ4n) is 3.22. The second-order valence-corrected chi connectivity index (χ2v) is 7.12. The molecular weight excluding hydrogens is 348 g/mol. The largest absolute Gasteiger partial charge is 0.491 e. The standard InChI is InChI=1S/C19H26N4O4/c1-13(2)20-19(26)23-9-7-22(8-10-23)18(25)14-4-5-16-15(12-14)21(3)17(24)6-11-27-16/h4-5,12-13H,6-11H2,1-3H3,(H,20,26). The van der Waals surface area contributed by atoms with Crippen LogP contribution in [0.4, 0.5) is 10.5 Å². The molecule has 0 atom stereocenters. The number of hydrogen-bond acceptors (Lipinski definition) is 4. The number of ether oxygens (including phenoxy) is 1. The minimum atomic E-state index is -0.105. The SMILES string of the molecule is CC(C)NC(=O)N1CCN(C(=O)c2ccc3c(c2)N(C)C(=O)CCO3)CC1. The van der Waals surface area contributed by atoms with E-state index in [9.17, 15) is 14.4 Å². The first kappa shape index (κ1) is 19.0. The van der Waals surface area contributed by atoms with E-state index in [-0.39, 0.29) is 23.9 Å². The Hall–Kier alpha value is -2.77. The van der Waals surface area contributed by atoms with Gasteiger partial charge in [-0.15, -0.1) is 0 Å². The van der Waals surface area contributed by atoms with Gasteiger partial charge in [-0.2, -0.15) is 0 Å². The lowest BCUT2D eigenvalue weighted by Crippen LogP contribution is -2.54. The zero-order chi connectivity index (χ0) is 19.6. The van der Waals surface area contributed by atoms with Crippen molar-refractivity contribution in [3.05, 3.63) is 23.8 Å². The predicted molar refractivity (Wildman–Crippen MR) is 101 cm³/mol. The lowest BCUT2D eigenvalue weighted by Gasteiger charge is -2.35. The van der Waals surface area contributed by atoms with Gasteiger partial charge in [0.15, 0.2) is 0 Å². The minimum Gasteiger partial charge on any atom is -0.491 e. The minimum absolute atomic E-state index is 0.0388. The first-order valence-electron chi connectivity index (χ1n) is 9.25. The molecule has 0 unspecified atom stereocenters. The van der Waals surface area contributed by atoms with Crippen LogP contribution in [0.25, 0.3) is 0 Å². The summed E-state index contributed by atoms with van der Waals surface area (Å²) in [7, 11) is 1.69. The number of benzene rings is 1. The summed E-state index contributed by atoms with van der Waals surface area (Å²) in [6, 6.07) is 5.16. The molecule has 8 heteroatoms. The van der Waals surface area contributed by atoms with Crippen LogP contribution >= 0.6 is 0 Å². The fourth-order valence-corrected chi connectivity index (χ4v) is 3.22. The number of anilines is 1. The molecule has 0 aliphatic carbocycles.